The Kier molecular flexibility index (Phi) is 4.73. The van der Waals surface area contributed by atoms with Crippen LogP contribution in [0.3, 0.4) is 0 Å². The first-order chi connectivity index (χ1) is 12.6. The molecule has 2 aliphatic heterocycles. The number of carbonyl (C=O) groups is 2. The SMILES string of the molecule is COC(=O)c1coc(CN2CCC[C@]3(CCC(=O)N(CC4CC4)C3)C2)n1. The standard InChI is InChI=1S/C19H27N3O4/c1-25-18(24)15-11-26-16(20-15)10-21-8-2-6-19(12-21)7-5-17(23)22(13-19)9-14-3-4-14/h11,14H,2-10,12-13H2,1H3/t19-/m0/s1. The lowest BCUT2D eigenvalue weighted by atomic mass is 9.73. The minimum Gasteiger partial charge on any atom is -0.464 e. The fourth-order valence-electron chi connectivity index (χ4n) is 4.43. The van der Waals surface area contributed by atoms with E-state index in [0.717, 1.165) is 44.9 Å². The number of esters is 1. The first-order valence-corrected chi connectivity index (χ1v) is 9.60. The Bertz CT molecular complexity index is 684. The molecule has 1 aromatic rings. The fraction of sp³-hybridized carbons (Fsp3) is 0.737. The normalized spacial score (nSPS) is 27.1. The highest BCUT2D eigenvalue weighted by molar-refractivity contribution is 5.86. The Labute approximate surface area is 153 Å². The zero-order valence-electron chi connectivity index (χ0n) is 15.4. The van der Waals surface area contributed by atoms with Crippen LogP contribution in [0.2, 0.25) is 0 Å². The molecule has 1 saturated carbocycles. The summed E-state index contributed by atoms with van der Waals surface area (Å²) in [5, 5.41) is 0. The number of amides is 1. The zero-order valence-corrected chi connectivity index (χ0v) is 15.4. The van der Waals surface area contributed by atoms with Gasteiger partial charge in [-0.05, 0) is 44.6 Å². The number of aromatic nitrogens is 1. The van der Waals surface area contributed by atoms with Crippen molar-refractivity contribution < 1.29 is 18.7 Å². The van der Waals surface area contributed by atoms with Crippen LogP contribution in [0, 0.1) is 11.3 Å². The molecule has 142 valence electrons. The second-order valence-electron chi connectivity index (χ2n) is 8.15. The summed E-state index contributed by atoms with van der Waals surface area (Å²) in [6.07, 6.45) is 7.85. The Morgan fingerprint density at radius 3 is 3.00 bits per heavy atom. The Balaban J connectivity index is 1.39. The maximum absolute atomic E-state index is 12.3. The van der Waals surface area contributed by atoms with Crippen molar-refractivity contribution >= 4 is 11.9 Å². The van der Waals surface area contributed by atoms with E-state index in [4.69, 9.17) is 4.42 Å². The van der Waals surface area contributed by atoms with Gasteiger partial charge in [-0.2, -0.15) is 0 Å². The number of oxazole rings is 1. The number of hydrogen-bond donors (Lipinski definition) is 0. The second kappa shape index (κ2) is 7.02. The third-order valence-electron chi connectivity index (χ3n) is 5.97. The van der Waals surface area contributed by atoms with E-state index in [0.29, 0.717) is 24.8 Å². The molecule has 1 atom stereocenters. The summed E-state index contributed by atoms with van der Waals surface area (Å²) in [4.78, 5) is 32.5. The topological polar surface area (TPSA) is 75.9 Å². The van der Waals surface area contributed by atoms with Gasteiger partial charge < -0.3 is 14.1 Å². The van der Waals surface area contributed by atoms with Gasteiger partial charge in [-0.3, -0.25) is 9.69 Å². The van der Waals surface area contributed by atoms with Gasteiger partial charge in [0.15, 0.2) is 5.69 Å². The summed E-state index contributed by atoms with van der Waals surface area (Å²) < 4.78 is 10.1. The second-order valence-corrected chi connectivity index (χ2v) is 8.15. The van der Waals surface area contributed by atoms with E-state index in [1.54, 1.807) is 0 Å². The van der Waals surface area contributed by atoms with Crippen molar-refractivity contribution in [2.24, 2.45) is 11.3 Å². The summed E-state index contributed by atoms with van der Waals surface area (Å²) in [6, 6.07) is 0. The van der Waals surface area contributed by atoms with E-state index in [2.05, 4.69) is 19.5 Å². The molecule has 3 aliphatic rings. The van der Waals surface area contributed by atoms with Crippen LogP contribution in [0.5, 0.6) is 0 Å². The van der Waals surface area contributed by atoms with Crippen molar-refractivity contribution in [2.75, 3.05) is 33.3 Å². The van der Waals surface area contributed by atoms with Gasteiger partial charge >= 0.3 is 5.97 Å². The van der Waals surface area contributed by atoms with Crippen molar-refractivity contribution in [1.82, 2.24) is 14.8 Å². The molecule has 4 rings (SSSR count). The molecule has 1 aliphatic carbocycles. The van der Waals surface area contributed by atoms with Crippen LogP contribution in [0.15, 0.2) is 10.7 Å². The van der Waals surface area contributed by atoms with Crippen LogP contribution in [0.4, 0.5) is 0 Å². The van der Waals surface area contributed by atoms with Gasteiger partial charge in [0.1, 0.15) is 6.26 Å². The van der Waals surface area contributed by atoms with Crippen LogP contribution in [-0.2, 0) is 16.1 Å². The molecular weight excluding hydrogens is 334 g/mol. The van der Waals surface area contributed by atoms with Gasteiger partial charge in [-0.25, -0.2) is 9.78 Å². The lowest BCUT2D eigenvalue weighted by Crippen LogP contribution is -2.54. The average molecular weight is 361 g/mol. The Morgan fingerprint density at radius 1 is 1.38 bits per heavy atom. The monoisotopic (exact) mass is 361 g/mol. The molecule has 0 aromatic carbocycles. The number of ether oxygens (including phenoxy) is 1. The van der Waals surface area contributed by atoms with E-state index in [1.807, 2.05) is 0 Å². The van der Waals surface area contributed by atoms with Gasteiger partial charge in [-0.15, -0.1) is 0 Å². The maximum Gasteiger partial charge on any atom is 0.360 e. The van der Waals surface area contributed by atoms with E-state index in [-0.39, 0.29) is 11.1 Å². The third-order valence-corrected chi connectivity index (χ3v) is 5.97. The number of rotatable bonds is 5. The lowest BCUT2D eigenvalue weighted by molar-refractivity contribution is -0.139. The van der Waals surface area contributed by atoms with Crippen molar-refractivity contribution in [3.63, 3.8) is 0 Å². The minimum atomic E-state index is -0.475. The summed E-state index contributed by atoms with van der Waals surface area (Å²) in [7, 11) is 1.34. The molecule has 7 heteroatoms. The number of likely N-dealkylation sites (tertiary alicyclic amines) is 2. The number of carbonyl (C=O) groups excluding carboxylic acids is 2. The zero-order chi connectivity index (χ0) is 18.1. The predicted octanol–water partition coefficient (Wildman–Crippen LogP) is 2.08. The Hall–Kier alpha value is -1.89. The number of hydrogen-bond acceptors (Lipinski definition) is 6. The van der Waals surface area contributed by atoms with Crippen molar-refractivity contribution in [2.45, 2.75) is 45.1 Å². The fourth-order valence-corrected chi connectivity index (χ4v) is 4.43. The van der Waals surface area contributed by atoms with E-state index >= 15 is 0 Å². The molecule has 1 spiro atoms. The molecule has 3 fully saturated rings. The Morgan fingerprint density at radius 2 is 2.23 bits per heavy atom. The number of methoxy groups -OCH3 is 1. The largest absolute Gasteiger partial charge is 0.464 e. The first kappa shape index (κ1) is 17.5. The predicted molar refractivity (Wildman–Crippen MR) is 93.3 cm³/mol. The maximum atomic E-state index is 12.3. The quantitative estimate of drug-likeness (QED) is 0.748. The van der Waals surface area contributed by atoms with Crippen molar-refractivity contribution in [3.8, 4) is 0 Å². The van der Waals surface area contributed by atoms with Crippen LogP contribution in [0.1, 0.15) is 54.9 Å². The van der Waals surface area contributed by atoms with Crippen LogP contribution in [-0.4, -0.2) is 59.9 Å². The van der Waals surface area contributed by atoms with E-state index in [1.165, 1.54) is 32.6 Å². The van der Waals surface area contributed by atoms with Crippen LogP contribution >= 0.6 is 0 Å². The van der Waals surface area contributed by atoms with Gasteiger partial charge in [0.05, 0.1) is 13.7 Å². The summed E-state index contributed by atoms with van der Waals surface area (Å²) >= 11 is 0. The van der Waals surface area contributed by atoms with Crippen LogP contribution in [0.25, 0.3) is 0 Å². The molecular formula is C19H27N3O4. The van der Waals surface area contributed by atoms with Gasteiger partial charge in [0.25, 0.3) is 0 Å². The molecule has 0 unspecified atom stereocenters. The van der Waals surface area contributed by atoms with Crippen molar-refractivity contribution in [3.05, 3.63) is 17.8 Å². The molecule has 1 aromatic heterocycles. The van der Waals surface area contributed by atoms with E-state index in [9.17, 15) is 9.59 Å². The smallest absolute Gasteiger partial charge is 0.360 e. The van der Waals surface area contributed by atoms with Crippen molar-refractivity contribution in [1.29, 1.82) is 0 Å². The molecule has 0 bridgehead atoms. The lowest BCUT2D eigenvalue weighted by Gasteiger charge is -2.48. The first-order valence-electron chi connectivity index (χ1n) is 9.60. The summed E-state index contributed by atoms with van der Waals surface area (Å²) in [5.41, 5.74) is 0.409. The summed E-state index contributed by atoms with van der Waals surface area (Å²) in [5.74, 6) is 1.13. The molecule has 1 amide bonds. The van der Waals surface area contributed by atoms with Gasteiger partial charge in [0, 0.05) is 31.5 Å². The van der Waals surface area contributed by atoms with Gasteiger partial charge in [0.2, 0.25) is 11.8 Å². The van der Waals surface area contributed by atoms with Gasteiger partial charge in [-0.1, -0.05) is 0 Å². The van der Waals surface area contributed by atoms with Crippen LogP contribution < -0.4 is 0 Å². The third kappa shape index (κ3) is 3.77. The highest BCUT2D eigenvalue weighted by Crippen LogP contribution is 2.40. The molecule has 26 heavy (non-hydrogen) atoms. The minimum absolute atomic E-state index is 0.193. The number of nitrogens with zero attached hydrogens (tertiary/aromatic N) is 3. The molecule has 7 nitrogen and oxygen atoms in total. The highest BCUT2D eigenvalue weighted by atomic mass is 16.5. The van der Waals surface area contributed by atoms with E-state index < -0.39 is 5.97 Å². The highest BCUT2D eigenvalue weighted by Gasteiger charge is 2.43. The summed E-state index contributed by atoms with van der Waals surface area (Å²) in [6.45, 7) is 4.38. The molecule has 0 N–H and O–H groups in total. The molecule has 3 heterocycles. The molecule has 2 saturated heterocycles. The average Bonchev–Trinajstić information content (AvgIpc) is 3.33. The number of piperidine rings is 2. The molecule has 0 radical (unpaired) electrons.